The van der Waals surface area contributed by atoms with Gasteiger partial charge in [0.25, 0.3) is 0 Å². The minimum absolute atomic E-state index is 0.296. The quantitative estimate of drug-likeness (QED) is 0.881. The van der Waals surface area contributed by atoms with Crippen molar-refractivity contribution in [3.8, 4) is 0 Å². The van der Waals surface area contributed by atoms with Crippen LogP contribution < -0.4 is 0 Å². The smallest absolute Gasteiger partial charge is 0.112 e. The number of aromatic nitrogens is 2. The van der Waals surface area contributed by atoms with Crippen molar-refractivity contribution in [1.29, 1.82) is 0 Å². The SMILES string of the molecule is CCC(CC)C(O)Cc1nc2ccccc2n1C. The van der Waals surface area contributed by atoms with Crippen LogP contribution in [-0.2, 0) is 13.5 Å². The summed E-state index contributed by atoms with van der Waals surface area (Å²) in [6, 6.07) is 8.10. The van der Waals surface area contributed by atoms with Gasteiger partial charge >= 0.3 is 0 Å². The predicted octanol–water partition coefficient (Wildman–Crippen LogP) is 2.91. The van der Waals surface area contributed by atoms with E-state index >= 15 is 0 Å². The highest BCUT2D eigenvalue weighted by molar-refractivity contribution is 5.75. The summed E-state index contributed by atoms with van der Waals surface area (Å²) in [6.45, 7) is 4.26. The van der Waals surface area contributed by atoms with Gasteiger partial charge in [-0.05, 0) is 18.1 Å². The average molecular weight is 246 g/mol. The van der Waals surface area contributed by atoms with Crippen LogP contribution in [0.1, 0.15) is 32.5 Å². The number of para-hydroxylation sites is 2. The second-order valence-corrected chi connectivity index (χ2v) is 4.92. The molecule has 18 heavy (non-hydrogen) atoms. The minimum atomic E-state index is -0.296. The van der Waals surface area contributed by atoms with Crippen molar-refractivity contribution in [2.45, 2.75) is 39.2 Å². The van der Waals surface area contributed by atoms with Crippen LogP contribution in [0.3, 0.4) is 0 Å². The molecule has 1 aromatic carbocycles. The lowest BCUT2D eigenvalue weighted by molar-refractivity contribution is 0.100. The van der Waals surface area contributed by atoms with Crippen molar-refractivity contribution >= 4 is 11.0 Å². The average Bonchev–Trinajstić information content (AvgIpc) is 2.68. The molecular weight excluding hydrogens is 224 g/mol. The zero-order valence-electron chi connectivity index (χ0n) is 11.4. The van der Waals surface area contributed by atoms with E-state index < -0.39 is 0 Å². The molecule has 2 rings (SSSR count). The number of aryl methyl sites for hydroxylation is 1. The monoisotopic (exact) mass is 246 g/mol. The maximum Gasteiger partial charge on any atom is 0.112 e. The van der Waals surface area contributed by atoms with Gasteiger partial charge in [-0.3, -0.25) is 0 Å². The Hall–Kier alpha value is -1.35. The molecule has 1 unspecified atom stereocenters. The van der Waals surface area contributed by atoms with Crippen molar-refractivity contribution < 1.29 is 5.11 Å². The normalized spacial score (nSPS) is 13.4. The van der Waals surface area contributed by atoms with E-state index in [4.69, 9.17) is 0 Å². The third kappa shape index (κ3) is 2.41. The molecule has 2 aromatic rings. The summed E-state index contributed by atoms with van der Waals surface area (Å²) >= 11 is 0. The second kappa shape index (κ2) is 5.53. The first-order valence-corrected chi connectivity index (χ1v) is 6.75. The summed E-state index contributed by atoms with van der Waals surface area (Å²) in [5, 5.41) is 10.3. The molecule has 3 nitrogen and oxygen atoms in total. The molecule has 3 heteroatoms. The third-order valence-corrected chi connectivity index (χ3v) is 3.86. The highest BCUT2D eigenvalue weighted by Gasteiger charge is 2.18. The Morgan fingerprint density at radius 3 is 2.50 bits per heavy atom. The first kappa shape index (κ1) is 13.1. The number of rotatable bonds is 5. The van der Waals surface area contributed by atoms with Gasteiger partial charge in [-0.1, -0.05) is 38.8 Å². The van der Waals surface area contributed by atoms with E-state index in [0.29, 0.717) is 12.3 Å². The van der Waals surface area contributed by atoms with Crippen LogP contribution in [0.2, 0.25) is 0 Å². The zero-order valence-corrected chi connectivity index (χ0v) is 11.4. The van der Waals surface area contributed by atoms with Crippen LogP contribution in [0.5, 0.6) is 0 Å². The maximum atomic E-state index is 10.3. The van der Waals surface area contributed by atoms with Gasteiger partial charge in [-0.25, -0.2) is 4.98 Å². The summed E-state index contributed by atoms with van der Waals surface area (Å²) in [4.78, 5) is 4.61. The highest BCUT2D eigenvalue weighted by atomic mass is 16.3. The summed E-state index contributed by atoms with van der Waals surface area (Å²) < 4.78 is 2.08. The molecule has 0 fully saturated rings. The van der Waals surface area contributed by atoms with Crippen LogP contribution in [0, 0.1) is 5.92 Å². The van der Waals surface area contributed by atoms with E-state index in [1.165, 1.54) is 0 Å². The van der Waals surface area contributed by atoms with Crippen molar-refractivity contribution in [1.82, 2.24) is 9.55 Å². The van der Waals surface area contributed by atoms with Gasteiger partial charge in [0.05, 0.1) is 17.1 Å². The Bertz CT molecular complexity index is 514. The summed E-state index contributed by atoms with van der Waals surface area (Å²) in [7, 11) is 2.02. The zero-order chi connectivity index (χ0) is 13.1. The molecule has 0 aliphatic heterocycles. The first-order chi connectivity index (χ1) is 8.67. The number of aliphatic hydroxyl groups is 1. The van der Waals surface area contributed by atoms with E-state index in [1.807, 2.05) is 25.2 Å². The van der Waals surface area contributed by atoms with Crippen LogP contribution in [-0.4, -0.2) is 20.8 Å². The Kier molecular flexibility index (Phi) is 4.02. The first-order valence-electron chi connectivity index (χ1n) is 6.75. The lowest BCUT2D eigenvalue weighted by Gasteiger charge is -2.19. The van der Waals surface area contributed by atoms with Gasteiger partial charge < -0.3 is 9.67 Å². The van der Waals surface area contributed by atoms with Gasteiger partial charge in [0.1, 0.15) is 5.82 Å². The van der Waals surface area contributed by atoms with Crippen LogP contribution >= 0.6 is 0 Å². The molecule has 1 aromatic heterocycles. The molecule has 0 amide bonds. The molecule has 0 bridgehead atoms. The number of fused-ring (bicyclic) bond motifs is 1. The van der Waals surface area contributed by atoms with Gasteiger partial charge in [0.15, 0.2) is 0 Å². The number of imidazole rings is 1. The molecule has 0 aliphatic carbocycles. The van der Waals surface area contributed by atoms with E-state index in [9.17, 15) is 5.11 Å². The third-order valence-electron chi connectivity index (χ3n) is 3.86. The highest BCUT2D eigenvalue weighted by Crippen LogP contribution is 2.20. The number of benzene rings is 1. The lowest BCUT2D eigenvalue weighted by Crippen LogP contribution is -2.23. The number of nitrogens with zero attached hydrogens (tertiary/aromatic N) is 2. The Labute approximate surface area is 108 Å². The van der Waals surface area contributed by atoms with Crippen LogP contribution in [0.15, 0.2) is 24.3 Å². The Morgan fingerprint density at radius 1 is 1.22 bits per heavy atom. The molecule has 0 saturated heterocycles. The Balaban J connectivity index is 2.24. The lowest BCUT2D eigenvalue weighted by atomic mass is 9.94. The molecule has 98 valence electrons. The molecular formula is C15H22N2O. The number of hydrogen-bond donors (Lipinski definition) is 1. The Morgan fingerprint density at radius 2 is 1.89 bits per heavy atom. The largest absolute Gasteiger partial charge is 0.392 e. The van der Waals surface area contributed by atoms with E-state index in [-0.39, 0.29) is 6.10 Å². The van der Waals surface area contributed by atoms with Gasteiger partial charge in [0, 0.05) is 13.5 Å². The molecule has 0 radical (unpaired) electrons. The van der Waals surface area contributed by atoms with Crippen molar-refractivity contribution in [3.05, 3.63) is 30.1 Å². The van der Waals surface area contributed by atoms with Crippen LogP contribution in [0.25, 0.3) is 11.0 Å². The van der Waals surface area contributed by atoms with Crippen molar-refractivity contribution in [3.63, 3.8) is 0 Å². The molecule has 1 N–H and O–H groups in total. The molecule has 0 spiro atoms. The standard InChI is InChI=1S/C15H22N2O/c1-4-11(5-2)14(18)10-15-16-12-8-6-7-9-13(12)17(15)3/h6-9,11,14,18H,4-5,10H2,1-3H3. The topological polar surface area (TPSA) is 38.1 Å². The summed E-state index contributed by atoms with van der Waals surface area (Å²) in [5.41, 5.74) is 2.14. The van der Waals surface area contributed by atoms with Crippen molar-refractivity contribution in [2.24, 2.45) is 13.0 Å². The van der Waals surface area contributed by atoms with Gasteiger partial charge in [-0.2, -0.15) is 0 Å². The fourth-order valence-electron chi connectivity index (χ4n) is 2.56. The van der Waals surface area contributed by atoms with Crippen molar-refractivity contribution in [2.75, 3.05) is 0 Å². The predicted molar refractivity (Wildman–Crippen MR) is 74.5 cm³/mol. The fraction of sp³-hybridized carbons (Fsp3) is 0.533. The molecule has 1 atom stereocenters. The van der Waals surface area contributed by atoms with Gasteiger partial charge in [0.2, 0.25) is 0 Å². The summed E-state index contributed by atoms with van der Waals surface area (Å²) in [6.07, 6.45) is 2.37. The maximum absolute atomic E-state index is 10.3. The van der Waals surface area contributed by atoms with Gasteiger partial charge in [-0.15, -0.1) is 0 Å². The minimum Gasteiger partial charge on any atom is -0.392 e. The van der Waals surface area contributed by atoms with E-state index in [0.717, 1.165) is 29.7 Å². The summed E-state index contributed by atoms with van der Waals surface area (Å²) in [5.74, 6) is 1.33. The second-order valence-electron chi connectivity index (χ2n) is 4.92. The number of aliphatic hydroxyl groups excluding tert-OH is 1. The fourth-order valence-corrected chi connectivity index (χ4v) is 2.56. The number of hydrogen-bond acceptors (Lipinski definition) is 2. The van der Waals surface area contributed by atoms with Crippen LogP contribution in [0.4, 0.5) is 0 Å². The molecule has 0 aliphatic rings. The van der Waals surface area contributed by atoms with E-state index in [1.54, 1.807) is 0 Å². The molecule has 0 saturated carbocycles. The van der Waals surface area contributed by atoms with E-state index in [2.05, 4.69) is 29.5 Å². The molecule has 1 heterocycles.